The third-order valence-corrected chi connectivity index (χ3v) is 7.22. The summed E-state index contributed by atoms with van der Waals surface area (Å²) in [4.78, 5) is 34.9. The molecule has 0 saturated carbocycles. The van der Waals surface area contributed by atoms with E-state index in [0.717, 1.165) is 73.5 Å². The lowest BCUT2D eigenvalue weighted by atomic mass is 9.96. The van der Waals surface area contributed by atoms with Gasteiger partial charge in [-0.05, 0) is 81.3 Å². The topological polar surface area (TPSA) is 113 Å². The molecule has 1 saturated heterocycles. The number of anilines is 2. The standard InChI is InChI=1S/C32H45N7O2/c1-7-8-24(15-23(4)34-5)27(21-40)20-36-32(41)28-16-26(17-30(29(28)19-33)37-22(2)3)25-9-10-35-31(18-25)39-13-11-38(6)12-14-39/h9-10,15-19,21-22,33-34,37H,7-8,11-14,20H2,1-6H3,(H,36,41)/b23-15-,27-24-,33-19?. The molecule has 1 aromatic carbocycles. The first-order valence-corrected chi connectivity index (χ1v) is 14.4. The number of likely N-dealkylation sites (N-methyl/N-ethyl adjacent to an activating group) is 1. The number of nitrogens with one attached hydrogen (secondary N) is 4. The second-order valence-corrected chi connectivity index (χ2v) is 10.8. The maximum Gasteiger partial charge on any atom is 0.252 e. The average molecular weight is 560 g/mol. The Balaban J connectivity index is 2.00. The van der Waals surface area contributed by atoms with Crippen molar-refractivity contribution in [3.63, 3.8) is 0 Å². The summed E-state index contributed by atoms with van der Waals surface area (Å²) >= 11 is 0. The highest BCUT2D eigenvalue weighted by Gasteiger charge is 2.20. The second kappa shape index (κ2) is 15.1. The van der Waals surface area contributed by atoms with Crippen LogP contribution in [0.4, 0.5) is 11.5 Å². The van der Waals surface area contributed by atoms with Crippen LogP contribution >= 0.6 is 0 Å². The Labute approximate surface area is 244 Å². The lowest BCUT2D eigenvalue weighted by molar-refractivity contribution is -0.105. The Morgan fingerprint density at radius 1 is 1.12 bits per heavy atom. The first-order valence-electron chi connectivity index (χ1n) is 14.4. The van der Waals surface area contributed by atoms with Gasteiger partial charge in [0.15, 0.2) is 0 Å². The molecular formula is C32H45N7O2. The van der Waals surface area contributed by atoms with Gasteiger partial charge in [-0.25, -0.2) is 4.98 Å². The summed E-state index contributed by atoms with van der Waals surface area (Å²) in [6, 6.07) is 7.92. The van der Waals surface area contributed by atoms with Gasteiger partial charge in [0.05, 0.1) is 5.56 Å². The molecule has 9 nitrogen and oxygen atoms in total. The lowest BCUT2D eigenvalue weighted by Gasteiger charge is -2.33. The number of hydrogen-bond donors (Lipinski definition) is 4. The number of nitrogens with zero attached hydrogens (tertiary/aromatic N) is 3. The van der Waals surface area contributed by atoms with Gasteiger partial charge in [-0.1, -0.05) is 13.3 Å². The van der Waals surface area contributed by atoms with Crippen molar-refractivity contribution in [2.45, 2.75) is 46.6 Å². The fourth-order valence-corrected chi connectivity index (χ4v) is 4.83. The minimum Gasteiger partial charge on any atom is -0.392 e. The number of amides is 1. The van der Waals surface area contributed by atoms with Crippen LogP contribution in [0.2, 0.25) is 0 Å². The van der Waals surface area contributed by atoms with Gasteiger partial charge in [0.25, 0.3) is 5.91 Å². The van der Waals surface area contributed by atoms with Crippen molar-refractivity contribution in [3.05, 3.63) is 64.5 Å². The molecule has 1 aliphatic heterocycles. The van der Waals surface area contributed by atoms with Crippen molar-refractivity contribution < 1.29 is 9.59 Å². The summed E-state index contributed by atoms with van der Waals surface area (Å²) in [6.45, 7) is 11.9. The minimum atomic E-state index is -0.338. The van der Waals surface area contributed by atoms with Gasteiger partial charge in [-0.15, -0.1) is 0 Å². The van der Waals surface area contributed by atoms with E-state index in [0.29, 0.717) is 22.4 Å². The molecule has 4 N–H and O–H groups in total. The number of piperazine rings is 1. The molecule has 220 valence electrons. The summed E-state index contributed by atoms with van der Waals surface area (Å²) in [7, 11) is 3.96. The number of carbonyl (C=O) groups is 2. The highest BCUT2D eigenvalue weighted by atomic mass is 16.1. The molecule has 0 unspecified atom stereocenters. The van der Waals surface area contributed by atoms with E-state index in [2.05, 4.69) is 50.8 Å². The molecule has 41 heavy (non-hydrogen) atoms. The first kappa shape index (κ1) is 31.5. The molecule has 2 heterocycles. The molecule has 1 fully saturated rings. The van der Waals surface area contributed by atoms with Crippen molar-refractivity contribution >= 4 is 29.9 Å². The van der Waals surface area contributed by atoms with Gasteiger partial charge in [0.1, 0.15) is 12.1 Å². The molecule has 1 aromatic heterocycles. The predicted octanol–water partition coefficient (Wildman–Crippen LogP) is 4.47. The summed E-state index contributed by atoms with van der Waals surface area (Å²) in [6.07, 6.45) is 7.39. The van der Waals surface area contributed by atoms with E-state index in [-0.39, 0.29) is 18.5 Å². The molecule has 0 radical (unpaired) electrons. The Kier molecular flexibility index (Phi) is 11.6. The fourth-order valence-electron chi connectivity index (χ4n) is 4.83. The van der Waals surface area contributed by atoms with E-state index < -0.39 is 0 Å². The molecular weight excluding hydrogens is 514 g/mol. The molecule has 0 atom stereocenters. The van der Waals surface area contributed by atoms with E-state index in [4.69, 9.17) is 5.41 Å². The molecule has 0 spiro atoms. The van der Waals surface area contributed by atoms with Gasteiger partial charge in [0, 0.05) is 80.7 Å². The summed E-state index contributed by atoms with van der Waals surface area (Å²) in [5.74, 6) is 0.570. The van der Waals surface area contributed by atoms with Crippen LogP contribution in [0, 0.1) is 5.41 Å². The summed E-state index contributed by atoms with van der Waals surface area (Å²) in [5, 5.41) is 17.6. The zero-order valence-electron chi connectivity index (χ0n) is 25.3. The number of aromatic nitrogens is 1. The maximum absolute atomic E-state index is 13.6. The van der Waals surface area contributed by atoms with Crippen LogP contribution in [0.3, 0.4) is 0 Å². The second-order valence-electron chi connectivity index (χ2n) is 10.8. The Bertz CT molecular complexity index is 1290. The number of pyridine rings is 1. The van der Waals surface area contributed by atoms with Gasteiger partial charge in [-0.2, -0.15) is 0 Å². The predicted molar refractivity (Wildman–Crippen MR) is 169 cm³/mol. The Morgan fingerprint density at radius 2 is 1.85 bits per heavy atom. The number of carbonyl (C=O) groups excluding carboxylic acids is 2. The van der Waals surface area contributed by atoms with Crippen molar-refractivity contribution in [1.82, 2.24) is 20.5 Å². The molecule has 1 amide bonds. The smallest absolute Gasteiger partial charge is 0.252 e. The van der Waals surface area contributed by atoms with E-state index in [9.17, 15) is 9.59 Å². The zero-order chi connectivity index (χ0) is 29.9. The van der Waals surface area contributed by atoms with Crippen molar-refractivity contribution in [2.24, 2.45) is 0 Å². The van der Waals surface area contributed by atoms with Crippen molar-refractivity contribution in [3.8, 4) is 11.1 Å². The maximum atomic E-state index is 13.6. The Morgan fingerprint density at radius 3 is 2.46 bits per heavy atom. The first-order chi connectivity index (χ1) is 19.7. The largest absolute Gasteiger partial charge is 0.392 e. The van der Waals surface area contributed by atoms with E-state index in [1.54, 1.807) is 6.20 Å². The van der Waals surface area contributed by atoms with Gasteiger partial charge in [-0.3, -0.25) is 9.59 Å². The summed E-state index contributed by atoms with van der Waals surface area (Å²) in [5.41, 5.74) is 5.76. The molecule has 1 aliphatic rings. The minimum absolute atomic E-state index is 0.0987. The molecule has 9 heteroatoms. The van der Waals surface area contributed by atoms with Crippen LogP contribution in [0.5, 0.6) is 0 Å². The Hall–Kier alpha value is -3.98. The van der Waals surface area contributed by atoms with E-state index >= 15 is 0 Å². The fraction of sp³-hybridized carbons (Fsp3) is 0.438. The molecule has 0 aliphatic carbocycles. The molecule has 3 rings (SSSR count). The third kappa shape index (κ3) is 8.50. The molecule has 0 bridgehead atoms. The SMILES string of the molecule is CCCC(/C=C(/C)NC)=C(/C=O)CNC(=O)c1cc(-c2ccnc(N3CCN(C)CC3)c2)cc(NC(C)C)c1C=N. The number of rotatable bonds is 13. The van der Waals surface area contributed by atoms with Crippen molar-refractivity contribution in [1.29, 1.82) is 5.41 Å². The molecule has 2 aromatic rings. The number of benzene rings is 1. The number of aldehydes is 1. The van der Waals surface area contributed by atoms with E-state index in [1.807, 2.05) is 52.1 Å². The van der Waals surface area contributed by atoms with Gasteiger partial charge >= 0.3 is 0 Å². The van der Waals surface area contributed by atoms with Gasteiger partial charge in [0.2, 0.25) is 0 Å². The third-order valence-electron chi connectivity index (χ3n) is 7.22. The monoisotopic (exact) mass is 559 g/mol. The number of hydrogen-bond acceptors (Lipinski definition) is 8. The lowest BCUT2D eigenvalue weighted by Crippen LogP contribution is -2.44. The van der Waals surface area contributed by atoms with Crippen molar-refractivity contribution in [2.75, 3.05) is 57.0 Å². The summed E-state index contributed by atoms with van der Waals surface area (Å²) < 4.78 is 0. The van der Waals surface area contributed by atoms with E-state index in [1.165, 1.54) is 6.21 Å². The van der Waals surface area contributed by atoms with Crippen LogP contribution in [-0.2, 0) is 4.79 Å². The highest BCUT2D eigenvalue weighted by molar-refractivity contribution is 6.06. The average Bonchev–Trinajstić information content (AvgIpc) is 2.97. The highest BCUT2D eigenvalue weighted by Crippen LogP contribution is 2.31. The quantitative estimate of drug-likeness (QED) is 0.124. The van der Waals surface area contributed by atoms with Crippen LogP contribution in [0.1, 0.15) is 56.5 Å². The normalized spacial score (nSPS) is 14.9. The van der Waals surface area contributed by atoms with Crippen LogP contribution in [0.25, 0.3) is 11.1 Å². The zero-order valence-corrected chi connectivity index (χ0v) is 25.3. The van der Waals surface area contributed by atoms with Crippen LogP contribution in [-0.4, -0.2) is 81.2 Å². The van der Waals surface area contributed by atoms with Crippen LogP contribution in [0.15, 0.2) is 53.4 Å². The van der Waals surface area contributed by atoms with Gasteiger partial charge < -0.3 is 31.2 Å². The number of allylic oxidation sites excluding steroid dienone is 3. The van der Waals surface area contributed by atoms with Crippen LogP contribution < -0.4 is 20.9 Å².